The molecular weight excluding hydrogens is 382 g/mol. The Morgan fingerprint density at radius 1 is 1.23 bits per heavy atom. The number of halogens is 1. The van der Waals surface area contributed by atoms with Gasteiger partial charge in [-0.1, -0.05) is 17.7 Å². The largest absolute Gasteiger partial charge is 0.504 e. The number of nitrogens with zero attached hydrogens (tertiary/aromatic N) is 2. The summed E-state index contributed by atoms with van der Waals surface area (Å²) in [5.41, 5.74) is 2.34. The minimum absolute atomic E-state index is 0.00499. The number of nitrogens with one attached hydrogen (secondary N) is 1. The number of carbonyl (C=O) groups excluding carboxylic acids is 1. The van der Waals surface area contributed by atoms with Gasteiger partial charge in [0.1, 0.15) is 0 Å². The van der Waals surface area contributed by atoms with Crippen molar-refractivity contribution in [1.82, 2.24) is 9.73 Å². The van der Waals surface area contributed by atoms with Gasteiger partial charge in [0.15, 0.2) is 11.5 Å². The monoisotopic (exact) mass is 397 g/mol. The van der Waals surface area contributed by atoms with Crippen LogP contribution in [0.2, 0.25) is 5.02 Å². The van der Waals surface area contributed by atoms with Crippen molar-refractivity contribution in [1.29, 1.82) is 0 Å². The maximum atomic E-state index is 12.4. The number of hydrazone groups is 1. The third-order valence-corrected chi connectivity index (χ3v) is 5.40. The number of phenolic OH excluding ortho intramolecular Hbond substituents is 2. The molecule has 0 fully saturated rings. The van der Waals surface area contributed by atoms with Crippen LogP contribution < -0.4 is 5.43 Å². The molecule has 0 bridgehead atoms. The van der Waals surface area contributed by atoms with E-state index >= 15 is 0 Å². The van der Waals surface area contributed by atoms with Gasteiger partial charge in [-0.05, 0) is 36.4 Å². The Bertz CT molecular complexity index is 929. The van der Waals surface area contributed by atoms with Gasteiger partial charge in [0.25, 0.3) is 5.91 Å². The fraction of sp³-hybridized carbons (Fsp3) is 0.125. The second kappa shape index (κ2) is 8.17. The Balaban J connectivity index is 1.99. The molecule has 0 aliphatic rings. The predicted octanol–water partition coefficient (Wildman–Crippen LogP) is 1.52. The number of benzene rings is 2. The van der Waals surface area contributed by atoms with Crippen molar-refractivity contribution in [3.05, 3.63) is 53.1 Å². The van der Waals surface area contributed by atoms with E-state index in [4.69, 9.17) is 11.6 Å². The Hall–Kier alpha value is -2.62. The topological polar surface area (TPSA) is 119 Å². The van der Waals surface area contributed by atoms with Crippen molar-refractivity contribution in [3.8, 4) is 11.5 Å². The molecule has 0 spiro atoms. The number of likely N-dealkylation sites (N-methyl/N-ethyl adjacent to an activating group) is 1. The molecule has 3 N–H and O–H groups in total. The zero-order valence-corrected chi connectivity index (χ0v) is 15.2. The average molecular weight is 398 g/mol. The van der Waals surface area contributed by atoms with Crippen molar-refractivity contribution in [2.75, 3.05) is 13.6 Å². The smallest absolute Gasteiger partial charge is 0.255 e. The molecule has 10 heteroatoms. The summed E-state index contributed by atoms with van der Waals surface area (Å²) in [5.74, 6) is -1.39. The van der Waals surface area contributed by atoms with E-state index in [1.54, 1.807) is 0 Å². The second-order valence-corrected chi connectivity index (χ2v) is 7.70. The van der Waals surface area contributed by atoms with Crippen LogP contribution in [-0.2, 0) is 14.8 Å². The van der Waals surface area contributed by atoms with Crippen LogP contribution in [0.25, 0.3) is 0 Å². The molecule has 1 amide bonds. The zero-order valence-electron chi connectivity index (χ0n) is 13.6. The third kappa shape index (κ3) is 4.72. The molecule has 0 radical (unpaired) electrons. The highest BCUT2D eigenvalue weighted by Crippen LogP contribution is 2.26. The number of rotatable bonds is 6. The summed E-state index contributed by atoms with van der Waals surface area (Å²) in [7, 11) is -2.59. The van der Waals surface area contributed by atoms with E-state index in [1.165, 1.54) is 49.5 Å². The van der Waals surface area contributed by atoms with Gasteiger partial charge >= 0.3 is 0 Å². The zero-order chi connectivity index (χ0) is 19.3. The first-order valence-electron chi connectivity index (χ1n) is 7.26. The Kier molecular flexibility index (Phi) is 6.19. The van der Waals surface area contributed by atoms with Gasteiger partial charge in [0.2, 0.25) is 10.0 Å². The highest BCUT2D eigenvalue weighted by molar-refractivity contribution is 7.89. The number of sulfonamides is 1. The van der Waals surface area contributed by atoms with Gasteiger partial charge in [0.05, 0.1) is 17.7 Å². The fourth-order valence-corrected chi connectivity index (χ4v) is 3.19. The van der Waals surface area contributed by atoms with Gasteiger partial charge in [-0.2, -0.15) is 9.41 Å². The minimum Gasteiger partial charge on any atom is -0.504 e. The summed E-state index contributed by atoms with van der Waals surface area (Å²) in [6.07, 6.45) is 1.13. The van der Waals surface area contributed by atoms with E-state index in [0.29, 0.717) is 5.02 Å². The molecule has 0 aliphatic carbocycles. The molecule has 2 rings (SSSR count). The first-order chi connectivity index (χ1) is 12.2. The van der Waals surface area contributed by atoms with Crippen LogP contribution in [-0.4, -0.2) is 48.7 Å². The van der Waals surface area contributed by atoms with Crippen molar-refractivity contribution in [2.45, 2.75) is 4.90 Å². The maximum absolute atomic E-state index is 12.4. The van der Waals surface area contributed by atoms with Crippen LogP contribution in [0.3, 0.4) is 0 Å². The summed E-state index contributed by atoms with van der Waals surface area (Å²) in [6.45, 7) is -0.464. The number of phenols is 2. The van der Waals surface area contributed by atoms with E-state index in [-0.39, 0.29) is 22.0 Å². The first kappa shape index (κ1) is 19.7. The van der Waals surface area contributed by atoms with E-state index in [2.05, 4.69) is 10.5 Å². The lowest BCUT2D eigenvalue weighted by molar-refractivity contribution is -0.121. The molecule has 138 valence electrons. The number of para-hydroxylation sites is 1. The van der Waals surface area contributed by atoms with Gasteiger partial charge in [0, 0.05) is 17.6 Å². The molecule has 0 saturated carbocycles. The Labute approximate surface area is 155 Å². The van der Waals surface area contributed by atoms with Crippen LogP contribution in [0.4, 0.5) is 0 Å². The van der Waals surface area contributed by atoms with Crippen LogP contribution in [0.15, 0.2) is 52.5 Å². The van der Waals surface area contributed by atoms with E-state index in [0.717, 1.165) is 10.5 Å². The van der Waals surface area contributed by atoms with E-state index in [9.17, 15) is 23.4 Å². The third-order valence-electron chi connectivity index (χ3n) is 3.33. The lowest BCUT2D eigenvalue weighted by atomic mass is 10.2. The van der Waals surface area contributed by atoms with Crippen LogP contribution in [0.5, 0.6) is 11.5 Å². The number of aromatic hydroxyl groups is 2. The van der Waals surface area contributed by atoms with Crippen molar-refractivity contribution >= 4 is 33.7 Å². The summed E-state index contributed by atoms with van der Waals surface area (Å²) in [5, 5.41) is 23.0. The van der Waals surface area contributed by atoms with Gasteiger partial charge < -0.3 is 10.2 Å². The molecule has 0 unspecified atom stereocenters. The molecule has 0 aromatic heterocycles. The molecule has 0 saturated heterocycles. The van der Waals surface area contributed by atoms with Crippen molar-refractivity contribution in [2.24, 2.45) is 5.10 Å². The summed E-state index contributed by atoms with van der Waals surface area (Å²) in [4.78, 5) is 11.9. The first-order valence-corrected chi connectivity index (χ1v) is 9.08. The molecule has 2 aromatic carbocycles. The summed E-state index contributed by atoms with van der Waals surface area (Å²) in [6, 6.07) is 9.82. The van der Waals surface area contributed by atoms with Crippen LogP contribution in [0.1, 0.15) is 5.56 Å². The second-order valence-electron chi connectivity index (χ2n) is 5.22. The molecule has 0 aliphatic heterocycles. The van der Waals surface area contributed by atoms with Gasteiger partial charge in [-0.15, -0.1) is 0 Å². The number of amides is 1. The highest BCUT2D eigenvalue weighted by Gasteiger charge is 2.22. The Morgan fingerprint density at radius 2 is 1.88 bits per heavy atom. The van der Waals surface area contributed by atoms with E-state index in [1.807, 2.05) is 0 Å². The Morgan fingerprint density at radius 3 is 2.54 bits per heavy atom. The average Bonchev–Trinajstić information content (AvgIpc) is 2.59. The summed E-state index contributed by atoms with van der Waals surface area (Å²) < 4.78 is 25.6. The molecule has 0 heterocycles. The maximum Gasteiger partial charge on any atom is 0.255 e. The molecule has 8 nitrogen and oxygen atoms in total. The predicted molar refractivity (Wildman–Crippen MR) is 96.8 cm³/mol. The normalized spacial score (nSPS) is 11.8. The number of hydrogen-bond donors (Lipinski definition) is 3. The quantitative estimate of drug-likeness (QED) is 0.388. The van der Waals surface area contributed by atoms with Gasteiger partial charge in [-0.3, -0.25) is 4.79 Å². The van der Waals surface area contributed by atoms with Crippen LogP contribution >= 0.6 is 11.6 Å². The standard InChI is InChI=1S/C16H16ClN3O5S/c1-20(26(24,25)13-7-5-12(17)6-8-13)10-15(22)19-18-9-11-3-2-4-14(21)16(11)23/h2-9,21,23H,10H2,1H3,(H,19,22)/b18-9+. The van der Waals surface area contributed by atoms with E-state index < -0.39 is 22.5 Å². The lowest BCUT2D eigenvalue weighted by Crippen LogP contribution is -2.36. The highest BCUT2D eigenvalue weighted by atomic mass is 35.5. The minimum atomic E-state index is -3.85. The molecular formula is C16H16ClN3O5S. The molecule has 0 atom stereocenters. The lowest BCUT2D eigenvalue weighted by Gasteiger charge is -2.16. The van der Waals surface area contributed by atoms with Crippen molar-refractivity contribution < 1.29 is 23.4 Å². The summed E-state index contributed by atoms with van der Waals surface area (Å²) >= 11 is 5.73. The number of carbonyl (C=O) groups is 1. The molecule has 2 aromatic rings. The van der Waals surface area contributed by atoms with Crippen LogP contribution in [0, 0.1) is 0 Å². The van der Waals surface area contributed by atoms with Crippen molar-refractivity contribution in [3.63, 3.8) is 0 Å². The fourth-order valence-electron chi connectivity index (χ4n) is 1.94. The molecule has 26 heavy (non-hydrogen) atoms. The van der Waals surface area contributed by atoms with Gasteiger partial charge in [-0.25, -0.2) is 13.8 Å². The number of hydrogen-bond acceptors (Lipinski definition) is 6. The SMILES string of the molecule is CN(CC(=O)N/N=C/c1cccc(O)c1O)S(=O)(=O)c1ccc(Cl)cc1.